The van der Waals surface area contributed by atoms with Crippen LogP contribution in [0.4, 0.5) is 5.82 Å². The third-order valence-corrected chi connectivity index (χ3v) is 4.62. The van der Waals surface area contributed by atoms with Crippen molar-refractivity contribution in [2.75, 3.05) is 38.1 Å². The van der Waals surface area contributed by atoms with E-state index in [0.29, 0.717) is 31.0 Å². The minimum atomic E-state index is -0.0747. The highest BCUT2D eigenvalue weighted by Crippen LogP contribution is 2.09. The van der Waals surface area contributed by atoms with Crippen molar-refractivity contribution in [3.8, 4) is 6.07 Å². The summed E-state index contributed by atoms with van der Waals surface area (Å²) in [5.41, 5.74) is 1.67. The molecule has 1 N–H and O–H groups in total. The zero-order valence-corrected chi connectivity index (χ0v) is 15.6. The highest BCUT2D eigenvalue weighted by Gasteiger charge is 2.22. The SMILES string of the molecule is CN=C(NCc1ccc(C#N)cc1)N1CCN(c2nccn(C)c2=O)CC1. The van der Waals surface area contributed by atoms with Crippen LogP contribution in [0.5, 0.6) is 0 Å². The molecule has 1 aliphatic rings. The van der Waals surface area contributed by atoms with E-state index in [2.05, 4.69) is 26.3 Å². The van der Waals surface area contributed by atoms with E-state index >= 15 is 0 Å². The summed E-state index contributed by atoms with van der Waals surface area (Å²) in [4.78, 5) is 25.0. The predicted octanol–water partition coefficient (Wildman–Crippen LogP) is 0.550. The summed E-state index contributed by atoms with van der Waals surface area (Å²) in [6.45, 7) is 3.58. The number of aromatic nitrogens is 2. The molecule has 1 aliphatic heterocycles. The maximum absolute atomic E-state index is 12.2. The molecule has 8 nitrogen and oxygen atoms in total. The summed E-state index contributed by atoms with van der Waals surface area (Å²) >= 11 is 0. The fourth-order valence-corrected chi connectivity index (χ4v) is 3.04. The molecule has 2 aromatic rings. The van der Waals surface area contributed by atoms with Crippen molar-refractivity contribution in [3.05, 3.63) is 58.1 Å². The molecular formula is C19H23N7O. The van der Waals surface area contributed by atoms with Crippen LogP contribution in [-0.2, 0) is 13.6 Å². The Bertz CT molecular complexity index is 903. The second-order valence-corrected chi connectivity index (χ2v) is 6.35. The third kappa shape index (κ3) is 4.26. The van der Waals surface area contributed by atoms with Gasteiger partial charge in [0.1, 0.15) is 0 Å². The average molecular weight is 365 g/mol. The maximum atomic E-state index is 12.2. The number of aliphatic imine (C=N–C) groups is 1. The predicted molar refractivity (Wildman–Crippen MR) is 105 cm³/mol. The van der Waals surface area contributed by atoms with Gasteiger partial charge in [-0.3, -0.25) is 9.79 Å². The Kier molecular flexibility index (Phi) is 5.71. The van der Waals surface area contributed by atoms with E-state index in [4.69, 9.17) is 5.26 Å². The monoisotopic (exact) mass is 365 g/mol. The molecule has 0 bridgehead atoms. The largest absolute Gasteiger partial charge is 0.352 e. The second-order valence-electron chi connectivity index (χ2n) is 6.35. The number of hydrogen-bond donors (Lipinski definition) is 1. The van der Waals surface area contributed by atoms with Crippen LogP contribution < -0.4 is 15.8 Å². The Morgan fingerprint density at radius 2 is 1.96 bits per heavy atom. The molecule has 1 saturated heterocycles. The van der Waals surface area contributed by atoms with Crippen molar-refractivity contribution in [3.63, 3.8) is 0 Å². The number of nitrogens with one attached hydrogen (secondary N) is 1. The molecule has 0 unspecified atom stereocenters. The van der Waals surface area contributed by atoms with E-state index in [0.717, 1.165) is 24.6 Å². The molecule has 8 heteroatoms. The van der Waals surface area contributed by atoms with E-state index in [9.17, 15) is 4.79 Å². The molecule has 0 saturated carbocycles. The normalized spacial score (nSPS) is 14.8. The number of hydrogen-bond acceptors (Lipinski definition) is 5. The smallest absolute Gasteiger partial charge is 0.293 e. The molecule has 1 fully saturated rings. The zero-order chi connectivity index (χ0) is 19.2. The van der Waals surface area contributed by atoms with E-state index in [1.807, 2.05) is 29.2 Å². The van der Waals surface area contributed by atoms with Gasteiger partial charge in [-0.05, 0) is 17.7 Å². The Labute approximate surface area is 158 Å². The van der Waals surface area contributed by atoms with Crippen LogP contribution in [0.1, 0.15) is 11.1 Å². The van der Waals surface area contributed by atoms with Crippen LogP contribution in [0.15, 0.2) is 46.4 Å². The van der Waals surface area contributed by atoms with Crippen LogP contribution in [0.3, 0.4) is 0 Å². The molecule has 0 spiro atoms. The third-order valence-electron chi connectivity index (χ3n) is 4.62. The zero-order valence-electron chi connectivity index (χ0n) is 15.6. The van der Waals surface area contributed by atoms with Gasteiger partial charge in [0.15, 0.2) is 11.8 Å². The van der Waals surface area contributed by atoms with Gasteiger partial charge in [-0.15, -0.1) is 0 Å². The minimum absolute atomic E-state index is 0.0747. The van der Waals surface area contributed by atoms with Crippen LogP contribution >= 0.6 is 0 Å². The average Bonchev–Trinajstić information content (AvgIpc) is 2.71. The highest BCUT2D eigenvalue weighted by atomic mass is 16.1. The number of piperazine rings is 1. The van der Waals surface area contributed by atoms with Gasteiger partial charge in [-0.1, -0.05) is 12.1 Å². The van der Waals surface area contributed by atoms with E-state index in [1.54, 1.807) is 31.1 Å². The summed E-state index contributed by atoms with van der Waals surface area (Å²) in [5.74, 6) is 1.33. The van der Waals surface area contributed by atoms with Crippen molar-refractivity contribution in [2.24, 2.45) is 12.0 Å². The van der Waals surface area contributed by atoms with Gasteiger partial charge in [-0.2, -0.15) is 5.26 Å². The summed E-state index contributed by atoms with van der Waals surface area (Å²) in [6, 6.07) is 9.62. The Hall–Kier alpha value is -3.34. The minimum Gasteiger partial charge on any atom is -0.352 e. The van der Waals surface area contributed by atoms with Crippen LogP contribution in [0.2, 0.25) is 0 Å². The van der Waals surface area contributed by atoms with E-state index in [-0.39, 0.29) is 5.56 Å². The number of guanidine groups is 1. The summed E-state index contributed by atoms with van der Waals surface area (Å²) in [6.07, 6.45) is 3.32. The van der Waals surface area contributed by atoms with Crippen LogP contribution in [0, 0.1) is 11.3 Å². The molecule has 0 radical (unpaired) electrons. The lowest BCUT2D eigenvalue weighted by atomic mass is 10.1. The molecule has 140 valence electrons. The van der Waals surface area contributed by atoms with Crippen LogP contribution in [0.25, 0.3) is 0 Å². The molecule has 1 aromatic heterocycles. The van der Waals surface area contributed by atoms with Gasteiger partial charge < -0.3 is 19.7 Å². The van der Waals surface area contributed by atoms with Crippen LogP contribution in [-0.4, -0.2) is 53.6 Å². The molecule has 2 heterocycles. The van der Waals surface area contributed by atoms with E-state index in [1.165, 1.54) is 0 Å². The fraction of sp³-hybridized carbons (Fsp3) is 0.368. The standard InChI is InChI=1S/C19H23N7O/c1-21-19(23-14-16-5-3-15(13-20)4-6-16)26-11-9-25(10-12-26)17-18(27)24(2)8-7-22-17/h3-8H,9-12,14H2,1-2H3,(H,21,23). The highest BCUT2D eigenvalue weighted by molar-refractivity contribution is 5.80. The van der Waals surface area contributed by atoms with Crippen molar-refractivity contribution < 1.29 is 0 Å². The first-order valence-electron chi connectivity index (χ1n) is 8.83. The van der Waals surface area contributed by atoms with Crippen molar-refractivity contribution >= 4 is 11.8 Å². The quantitative estimate of drug-likeness (QED) is 0.631. The number of aryl methyl sites for hydroxylation is 1. The topological polar surface area (TPSA) is 89.6 Å². The maximum Gasteiger partial charge on any atom is 0.293 e. The molecular weight excluding hydrogens is 342 g/mol. The summed E-state index contributed by atoms with van der Waals surface area (Å²) in [5, 5.41) is 12.2. The molecule has 0 aliphatic carbocycles. The lowest BCUT2D eigenvalue weighted by Gasteiger charge is -2.36. The lowest BCUT2D eigenvalue weighted by Crippen LogP contribution is -2.53. The second kappa shape index (κ2) is 8.36. The van der Waals surface area contributed by atoms with Gasteiger partial charge in [0.05, 0.1) is 11.6 Å². The molecule has 27 heavy (non-hydrogen) atoms. The van der Waals surface area contributed by atoms with Crippen molar-refractivity contribution in [1.82, 2.24) is 19.8 Å². The number of anilines is 1. The number of rotatable bonds is 3. The van der Waals surface area contributed by atoms with E-state index < -0.39 is 0 Å². The first kappa shape index (κ1) is 18.5. The number of nitrogens with zero attached hydrogens (tertiary/aromatic N) is 6. The molecule has 3 rings (SSSR count). The van der Waals surface area contributed by atoms with Gasteiger partial charge in [0.2, 0.25) is 0 Å². The van der Waals surface area contributed by atoms with Crippen molar-refractivity contribution in [2.45, 2.75) is 6.54 Å². The Morgan fingerprint density at radius 1 is 1.26 bits per heavy atom. The first-order valence-corrected chi connectivity index (χ1v) is 8.83. The molecule has 0 atom stereocenters. The number of benzene rings is 1. The summed E-state index contributed by atoms with van der Waals surface area (Å²) < 4.78 is 1.55. The van der Waals surface area contributed by atoms with Crippen molar-refractivity contribution in [1.29, 1.82) is 5.26 Å². The molecule has 0 amide bonds. The van der Waals surface area contributed by atoms with Gasteiger partial charge in [0.25, 0.3) is 5.56 Å². The molecule has 1 aromatic carbocycles. The summed E-state index contributed by atoms with van der Waals surface area (Å²) in [7, 11) is 3.50. The number of nitriles is 1. The Balaban J connectivity index is 1.58. The van der Waals surface area contributed by atoms with Gasteiger partial charge in [-0.25, -0.2) is 4.98 Å². The first-order chi connectivity index (χ1) is 13.1. The fourth-order valence-electron chi connectivity index (χ4n) is 3.04. The van der Waals surface area contributed by atoms with Gasteiger partial charge >= 0.3 is 0 Å². The lowest BCUT2D eigenvalue weighted by molar-refractivity contribution is 0.370. The van der Waals surface area contributed by atoms with Gasteiger partial charge in [0, 0.05) is 59.2 Å². The Morgan fingerprint density at radius 3 is 2.59 bits per heavy atom.